The van der Waals surface area contributed by atoms with Gasteiger partial charge in [-0.15, -0.1) is 0 Å². The van der Waals surface area contributed by atoms with Gasteiger partial charge >= 0.3 is 0 Å². The van der Waals surface area contributed by atoms with Crippen LogP contribution in [0.3, 0.4) is 0 Å². The van der Waals surface area contributed by atoms with Crippen LogP contribution in [0.5, 0.6) is 0 Å². The van der Waals surface area contributed by atoms with E-state index in [9.17, 15) is 4.79 Å². The van der Waals surface area contributed by atoms with E-state index in [-0.39, 0.29) is 24.0 Å². The first-order valence-electron chi connectivity index (χ1n) is 7.81. The lowest BCUT2D eigenvalue weighted by molar-refractivity contribution is -0.130. The maximum atomic E-state index is 12.6. The normalized spacial score (nSPS) is 34.0. The van der Waals surface area contributed by atoms with Gasteiger partial charge in [0.15, 0.2) is 0 Å². The molecular weight excluding hydrogens is 252 g/mol. The zero-order valence-corrected chi connectivity index (χ0v) is 12.3. The highest BCUT2D eigenvalue weighted by atomic mass is 16.5. The van der Waals surface area contributed by atoms with E-state index in [2.05, 4.69) is 13.2 Å². The molecule has 0 saturated heterocycles. The fraction of sp³-hybridized carbons (Fsp3) is 0.706. The average molecular weight is 278 g/mol. The Morgan fingerprint density at radius 1 is 0.750 bits per heavy atom. The van der Waals surface area contributed by atoms with Gasteiger partial charge in [0.2, 0.25) is 0 Å². The standard InChI is InChI=1S/C17H26O3/c1-3-19-15-9-5-13(6-10-15)17(18)14-7-11-16(12-8-14)20-4-2/h3-4,13-16H,1-2,5-12H2. The van der Waals surface area contributed by atoms with Crippen LogP contribution in [0.15, 0.2) is 25.7 Å². The summed E-state index contributed by atoms with van der Waals surface area (Å²) in [5, 5.41) is 0. The van der Waals surface area contributed by atoms with Crippen LogP contribution in [-0.4, -0.2) is 18.0 Å². The molecule has 2 saturated carbocycles. The van der Waals surface area contributed by atoms with E-state index in [1.807, 2.05) is 0 Å². The zero-order valence-electron chi connectivity index (χ0n) is 12.3. The fourth-order valence-corrected chi connectivity index (χ4v) is 3.57. The molecule has 0 heterocycles. The highest BCUT2D eigenvalue weighted by molar-refractivity contribution is 5.83. The van der Waals surface area contributed by atoms with E-state index in [1.54, 1.807) is 0 Å². The van der Waals surface area contributed by atoms with Gasteiger partial charge < -0.3 is 9.47 Å². The molecule has 20 heavy (non-hydrogen) atoms. The molecule has 0 bridgehead atoms. The van der Waals surface area contributed by atoms with Crippen molar-refractivity contribution >= 4 is 5.78 Å². The van der Waals surface area contributed by atoms with Gasteiger partial charge in [-0.3, -0.25) is 4.79 Å². The van der Waals surface area contributed by atoms with E-state index in [1.165, 1.54) is 12.5 Å². The van der Waals surface area contributed by atoms with Gasteiger partial charge in [-0.05, 0) is 51.4 Å². The number of ether oxygens (including phenoxy) is 2. The summed E-state index contributed by atoms with van der Waals surface area (Å²) in [4.78, 5) is 12.6. The van der Waals surface area contributed by atoms with Crippen LogP contribution in [0.2, 0.25) is 0 Å². The van der Waals surface area contributed by atoms with Crippen molar-refractivity contribution in [3.05, 3.63) is 25.7 Å². The van der Waals surface area contributed by atoms with E-state index in [4.69, 9.17) is 9.47 Å². The third kappa shape index (κ3) is 3.87. The molecule has 0 N–H and O–H groups in total. The Labute approximate surface area is 122 Å². The summed E-state index contributed by atoms with van der Waals surface area (Å²) in [7, 11) is 0. The molecule has 0 aromatic rings. The molecule has 0 amide bonds. The first-order valence-corrected chi connectivity index (χ1v) is 7.81. The topological polar surface area (TPSA) is 35.5 Å². The number of hydrogen-bond acceptors (Lipinski definition) is 3. The number of rotatable bonds is 6. The Hall–Kier alpha value is -1.25. The maximum Gasteiger partial charge on any atom is 0.139 e. The Morgan fingerprint density at radius 3 is 1.40 bits per heavy atom. The summed E-state index contributed by atoms with van der Waals surface area (Å²) in [6.45, 7) is 7.19. The van der Waals surface area contributed by atoms with Crippen molar-refractivity contribution < 1.29 is 14.3 Å². The summed E-state index contributed by atoms with van der Waals surface area (Å²) in [6.07, 6.45) is 11.4. The minimum absolute atomic E-state index is 0.251. The zero-order chi connectivity index (χ0) is 14.4. The Morgan fingerprint density at radius 2 is 1.10 bits per heavy atom. The summed E-state index contributed by atoms with van der Waals surface area (Å²) in [5.41, 5.74) is 0. The van der Waals surface area contributed by atoms with Crippen LogP contribution in [0.25, 0.3) is 0 Å². The van der Waals surface area contributed by atoms with E-state index in [0.29, 0.717) is 5.78 Å². The molecule has 2 aliphatic rings. The number of Topliss-reactive ketones (excluding diaryl/α,β-unsaturated/α-hetero) is 1. The van der Waals surface area contributed by atoms with Gasteiger partial charge in [0, 0.05) is 11.8 Å². The molecule has 2 fully saturated rings. The van der Waals surface area contributed by atoms with Crippen LogP contribution in [0.4, 0.5) is 0 Å². The lowest BCUT2D eigenvalue weighted by Gasteiger charge is -2.32. The van der Waals surface area contributed by atoms with Crippen molar-refractivity contribution in [3.63, 3.8) is 0 Å². The van der Waals surface area contributed by atoms with Crippen molar-refractivity contribution in [1.82, 2.24) is 0 Å². The molecule has 3 heteroatoms. The van der Waals surface area contributed by atoms with Crippen molar-refractivity contribution in [2.75, 3.05) is 0 Å². The molecule has 0 aromatic carbocycles. The molecule has 112 valence electrons. The minimum atomic E-state index is 0.251. The second-order valence-electron chi connectivity index (χ2n) is 5.96. The molecule has 0 aliphatic heterocycles. The molecule has 0 radical (unpaired) electrons. The molecule has 2 aliphatic carbocycles. The lowest BCUT2D eigenvalue weighted by atomic mass is 9.75. The van der Waals surface area contributed by atoms with E-state index < -0.39 is 0 Å². The average Bonchev–Trinajstić information content (AvgIpc) is 2.49. The SMILES string of the molecule is C=COC1CCC(C(=O)C2CCC(OC=C)CC2)CC1. The summed E-state index contributed by atoms with van der Waals surface area (Å²) in [5.74, 6) is 0.988. The fourth-order valence-electron chi connectivity index (χ4n) is 3.57. The summed E-state index contributed by atoms with van der Waals surface area (Å²) < 4.78 is 10.8. The quantitative estimate of drug-likeness (QED) is 0.689. The third-order valence-electron chi connectivity index (χ3n) is 4.73. The second-order valence-corrected chi connectivity index (χ2v) is 5.96. The van der Waals surface area contributed by atoms with Crippen LogP contribution in [-0.2, 0) is 14.3 Å². The smallest absolute Gasteiger partial charge is 0.139 e. The van der Waals surface area contributed by atoms with Gasteiger partial charge in [-0.2, -0.15) is 0 Å². The first kappa shape index (κ1) is 15.1. The van der Waals surface area contributed by atoms with Crippen molar-refractivity contribution in [3.8, 4) is 0 Å². The number of ketones is 1. The summed E-state index contributed by atoms with van der Waals surface area (Å²) in [6, 6.07) is 0. The van der Waals surface area contributed by atoms with Crippen molar-refractivity contribution in [2.45, 2.75) is 63.6 Å². The third-order valence-corrected chi connectivity index (χ3v) is 4.73. The molecule has 3 nitrogen and oxygen atoms in total. The highest BCUT2D eigenvalue weighted by Gasteiger charge is 2.33. The van der Waals surface area contributed by atoms with Gasteiger partial charge in [0.05, 0.1) is 24.7 Å². The van der Waals surface area contributed by atoms with Crippen LogP contribution < -0.4 is 0 Å². The van der Waals surface area contributed by atoms with Gasteiger partial charge in [0.1, 0.15) is 5.78 Å². The first-order chi connectivity index (χ1) is 9.74. The molecule has 0 aromatic heterocycles. The predicted octanol–water partition coefficient (Wildman–Crippen LogP) is 3.99. The van der Waals surface area contributed by atoms with Crippen LogP contribution >= 0.6 is 0 Å². The largest absolute Gasteiger partial charge is 0.499 e. The minimum Gasteiger partial charge on any atom is -0.499 e. The molecule has 0 unspecified atom stereocenters. The van der Waals surface area contributed by atoms with Gasteiger partial charge in [0.25, 0.3) is 0 Å². The molecule has 2 rings (SSSR count). The maximum absolute atomic E-state index is 12.6. The molecule has 0 atom stereocenters. The van der Waals surface area contributed by atoms with Gasteiger partial charge in [-0.25, -0.2) is 0 Å². The number of carbonyl (C=O) groups is 1. The lowest BCUT2D eigenvalue weighted by Crippen LogP contribution is -2.32. The number of carbonyl (C=O) groups excluding carboxylic acids is 1. The van der Waals surface area contributed by atoms with Crippen molar-refractivity contribution in [1.29, 1.82) is 0 Å². The van der Waals surface area contributed by atoms with E-state index >= 15 is 0 Å². The van der Waals surface area contributed by atoms with E-state index in [0.717, 1.165) is 51.4 Å². The molecular formula is C17H26O3. The Kier molecular flexibility index (Phi) is 5.69. The highest BCUT2D eigenvalue weighted by Crippen LogP contribution is 2.34. The number of hydrogen-bond donors (Lipinski definition) is 0. The van der Waals surface area contributed by atoms with Crippen LogP contribution in [0, 0.1) is 11.8 Å². The Balaban J connectivity index is 1.75. The monoisotopic (exact) mass is 278 g/mol. The van der Waals surface area contributed by atoms with Crippen molar-refractivity contribution in [2.24, 2.45) is 11.8 Å². The molecule has 0 spiro atoms. The predicted molar refractivity (Wildman–Crippen MR) is 79.1 cm³/mol. The second kappa shape index (κ2) is 7.51. The summed E-state index contributed by atoms with van der Waals surface area (Å²) >= 11 is 0. The van der Waals surface area contributed by atoms with Gasteiger partial charge in [-0.1, -0.05) is 13.2 Å². The van der Waals surface area contributed by atoms with Crippen LogP contribution in [0.1, 0.15) is 51.4 Å². The Bertz CT molecular complexity index is 302.